The number of hydrogen-bond donors (Lipinski definition) is 3. The first kappa shape index (κ1) is 21.6. The van der Waals surface area contributed by atoms with Crippen molar-refractivity contribution in [2.45, 2.75) is 24.5 Å². The molecule has 2 aromatic carbocycles. The van der Waals surface area contributed by atoms with Crippen molar-refractivity contribution < 1.29 is 32.5 Å². The number of piperidine rings is 1. The SMILES string of the molecule is CS(=O)(=O)N1CCC(c2ccc3c(cnn3-c3cc(O)c(F)c(F)c3)c2)(C(O)O)CC1. The highest BCUT2D eigenvalue weighted by Gasteiger charge is 2.43. The molecule has 0 radical (unpaired) electrons. The predicted octanol–water partition coefficient (Wildman–Crippen LogP) is 1.61. The number of aromatic hydroxyl groups is 1. The molecule has 0 unspecified atom stereocenters. The number of aliphatic hydroxyl groups is 2. The summed E-state index contributed by atoms with van der Waals surface area (Å²) in [5, 5.41) is 34.7. The van der Waals surface area contributed by atoms with Crippen LogP contribution in [0, 0.1) is 11.6 Å². The fourth-order valence-corrected chi connectivity index (χ4v) is 4.99. The lowest BCUT2D eigenvalue weighted by molar-refractivity contribution is -0.113. The first-order valence-electron chi connectivity index (χ1n) is 9.51. The molecule has 0 atom stereocenters. The van der Waals surface area contributed by atoms with Gasteiger partial charge in [-0.3, -0.25) is 0 Å². The monoisotopic (exact) mass is 453 g/mol. The molecule has 0 spiro atoms. The zero-order valence-corrected chi connectivity index (χ0v) is 17.4. The van der Waals surface area contributed by atoms with Crippen molar-refractivity contribution in [2.24, 2.45) is 0 Å². The van der Waals surface area contributed by atoms with Crippen LogP contribution in [0.25, 0.3) is 16.6 Å². The summed E-state index contributed by atoms with van der Waals surface area (Å²) in [5.41, 5.74) is 0.205. The Bertz CT molecular complexity index is 1230. The largest absolute Gasteiger partial charge is 0.505 e. The number of sulfonamides is 1. The summed E-state index contributed by atoms with van der Waals surface area (Å²) in [5.74, 6) is -3.40. The molecule has 2 heterocycles. The molecule has 0 amide bonds. The summed E-state index contributed by atoms with van der Waals surface area (Å²) in [4.78, 5) is 0. The summed E-state index contributed by atoms with van der Waals surface area (Å²) in [6.07, 6.45) is 1.33. The van der Waals surface area contributed by atoms with Crippen molar-refractivity contribution in [2.75, 3.05) is 19.3 Å². The number of benzene rings is 2. The molecule has 1 aliphatic heterocycles. The summed E-state index contributed by atoms with van der Waals surface area (Å²) in [6, 6.07) is 7.01. The highest BCUT2D eigenvalue weighted by atomic mass is 32.2. The molecule has 0 saturated carbocycles. The lowest BCUT2D eigenvalue weighted by Crippen LogP contribution is -2.50. The van der Waals surface area contributed by atoms with Gasteiger partial charge in [0, 0.05) is 36.0 Å². The van der Waals surface area contributed by atoms with Crippen molar-refractivity contribution in [1.82, 2.24) is 14.1 Å². The molecule has 4 rings (SSSR count). The van der Waals surface area contributed by atoms with E-state index in [1.807, 2.05) is 0 Å². The zero-order chi connectivity index (χ0) is 22.6. The molecule has 0 aliphatic carbocycles. The number of phenolic OH excluding ortho intramolecular Hbond substituents is 1. The van der Waals surface area contributed by atoms with Gasteiger partial charge < -0.3 is 15.3 Å². The molecule has 3 aromatic rings. The van der Waals surface area contributed by atoms with Crippen molar-refractivity contribution in [3.63, 3.8) is 0 Å². The van der Waals surface area contributed by atoms with E-state index in [0.717, 1.165) is 18.4 Å². The molecule has 11 heteroatoms. The molecule has 3 N–H and O–H groups in total. The summed E-state index contributed by atoms with van der Waals surface area (Å²) in [7, 11) is -3.38. The second-order valence-corrected chi connectivity index (χ2v) is 9.76. The van der Waals surface area contributed by atoms with Crippen LogP contribution < -0.4 is 0 Å². The molecular weight excluding hydrogens is 432 g/mol. The molecule has 31 heavy (non-hydrogen) atoms. The number of phenols is 1. The third-order valence-corrected chi connectivity index (χ3v) is 7.26. The van der Waals surface area contributed by atoms with Crippen molar-refractivity contribution in [3.05, 3.63) is 53.7 Å². The number of aromatic nitrogens is 2. The summed E-state index contributed by atoms with van der Waals surface area (Å²) >= 11 is 0. The van der Waals surface area contributed by atoms with Crippen molar-refractivity contribution in [3.8, 4) is 11.4 Å². The van der Waals surface area contributed by atoms with E-state index in [1.54, 1.807) is 18.2 Å². The minimum atomic E-state index is -3.38. The van der Waals surface area contributed by atoms with Crippen LogP contribution in [0.1, 0.15) is 18.4 Å². The Hall–Kier alpha value is -2.60. The number of aliphatic hydroxyl groups excluding tert-OH is 1. The molecule has 1 aliphatic rings. The maximum atomic E-state index is 13.7. The first-order valence-corrected chi connectivity index (χ1v) is 11.4. The van der Waals surface area contributed by atoms with Gasteiger partial charge in [0.15, 0.2) is 23.7 Å². The third-order valence-electron chi connectivity index (χ3n) is 5.96. The molecule has 1 fully saturated rings. The average Bonchev–Trinajstić information content (AvgIpc) is 3.14. The van der Waals surface area contributed by atoms with Crippen LogP contribution >= 0.6 is 0 Å². The van der Waals surface area contributed by atoms with Crippen LogP contribution in [0.15, 0.2) is 36.5 Å². The van der Waals surface area contributed by atoms with Crippen molar-refractivity contribution in [1.29, 1.82) is 0 Å². The third kappa shape index (κ3) is 3.67. The van der Waals surface area contributed by atoms with E-state index >= 15 is 0 Å². The topological polar surface area (TPSA) is 116 Å². The lowest BCUT2D eigenvalue weighted by atomic mass is 9.72. The van der Waals surface area contributed by atoms with Crippen LogP contribution in [0.5, 0.6) is 5.75 Å². The molecule has 1 aromatic heterocycles. The smallest absolute Gasteiger partial charge is 0.211 e. The van der Waals surface area contributed by atoms with Gasteiger partial charge in [0.1, 0.15) is 0 Å². The van der Waals surface area contributed by atoms with Gasteiger partial charge in [-0.1, -0.05) is 6.07 Å². The van der Waals surface area contributed by atoms with E-state index in [4.69, 9.17) is 0 Å². The fraction of sp³-hybridized carbons (Fsp3) is 0.350. The van der Waals surface area contributed by atoms with E-state index in [1.165, 1.54) is 15.2 Å². The Morgan fingerprint density at radius 3 is 2.39 bits per heavy atom. The summed E-state index contributed by atoms with van der Waals surface area (Å²) < 4.78 is 53.4. The lowest BCUT2D eigenvalue weighted by Gasteiger charge is -2.42. The molecule has 8 nitrogen and oxygen atoms in total. The van der Waals surface area contributed by atoms with E-state index < -0.39 is 39.1 Å². The molecule has 0 bridgehead atoms. The van der Waals surface area contributed by atoms with Gasteiger partial charge >= 0.3 is 0 Å². The van der Waals surface area contributed by atoms with Crippen LogP contribution in [-0.4, -0.2) is 63.5 Å². The normalized spacial score (nSPS) is 17.5. The Labute approximate surface area is 177 Å². The van der Waals surface area contributed by atoms with Gasteiger partial charge in [-0.2, -0.15) is 9.49 Å². The Morgan fingerprint density at radius 2 is 1.81 bits per heavy atom. The van der Waals surface area contributed by atoms with Gasteiger partial charge in [0.05, 0.1) is 23.7 Å². The first-order chi connectivity index (χ1) is 14.5. The molecule has 166 valence electrons. The zero-order valence-electron chi connectivity index (χ0n) is 16.5. The van der Waals surface area contributed by atoms with Crippen LogP contribution in [0.2, 0.25) is 0 Å². The van der Waals surface area contributed by atoms with E-state index in [0.29, 0.717) is 16.5 Å². The van der Waals surface area contributed by atoms with Gasteiger partial charge in [0.25, 0.3) is 0 Å². The highest BCUT2D eigenvalue weighted by Crippen LogP contribution is 2.40. The van der Waals surface area contributed by atoms with Crippen molar-refractivity contribution >= 4 is 20.9 Å². The van der Waals surface area contributed by atoms with Crippen LogP contribution in [0.3, 0.4) is 0 Å². The number of hydrogen-bond acceptors (Lipinski definition) is 6. The van der Waals surface area contributed by atoms with Gasteiger partial charge in [0.2, 0.25) is 10.0 Å². The quantitative estimate of drug-likeness (QED) is 0.517. The molecule has 1 saturated heterocycles. The standard InChI is InChI=1S/C20H21F2N3O5S/c1-31(29,30)24-6-4-20(5-7-24,19(27)28)13-2-3-16-12(8-13)11-23-25(16)14-9-15(21)18(22)17(26)10-14/h2-3,8-11,19,26-28H,4-7H2,1H3. The maximum absolute atomic E-state index is 13.7. The Balaban J connectivity index is 1.73. The van der Waals surface area contributed by atoms with Crippen LogP contribution in [0.4, 0.5) is 8.78 Å². The highest BCUT2D eigenvalue weighted by molar-refractivity contribution is 7.88. The Morgan fingerprint density at radius 1 is 1.13 bits per heavy atom. The van der Waals surface area contributed by atoms with Gasteiger partial charge in [-0.25, -0.2) is 21.8 Å². The van der Waals surface area contributed by atoms with E-state index in [9.17, 15) is 32.5 Å². The second kappa shape index (κ2) is 7.52. The van der Waals surface area contributed by atoms with E-state index in [2.05, 4.69) is 5.10 Å². The summed E-state index contributed by atoms with van der Waals surface area (Å²) in [6.45, 7) is 0.309. The second-order valence-electron chi connectivity index (χ2n) is 7.78. The number of halogens is 2. The Kier molecular flexibility index (Phi) is 5.24. The average molecular weight is 453 g/mol. The number of fused-ring (bicyclic) bond motifs is 1. The fourth-order valence-electron chi connectivity index (χ4n) is 4.14. The minimum Gasteiger partial charge on any atom is -0.505 e. The maximum Gasteiger partial charge on any atom is 0.211 e. The van der Waals surface area contributed by atoms with Gasteiger partial charge in [-0.15, -0.1) is 0 Å². The van der Waals surface area contributed by atoms with E-state index in [-0.39, 0.29) is 31.6 Å². The number of nitrogens with zero attached hydrogens (tertiary/aromatic N) is 3. The predicted molar refractivity (Wildman–Crippen MR) is 108 cm³/mol. The number of rotatable bonds is 4. The van der Waals surface area contributed by atoms with Gasteiger partial charge in [-0.05, 0) is 30.5 Å². The van der Waals surface area contributed by atoms with Crippen LogP contribution in [-0.2, 0) is 15.4 Å². The minimum absolute atomic E-state index is 0.123. The molecular formula is C20H21F2N3O5S.